The van der Waals surface area contributed by atoms with Gasteiger partial charge in [-0.05, 0) is 50.3 Å². The molecular weight excluding hydrogens is 330 g/mol. The molecule has 1 atom stereocenters. The van der Waals surface area contributed by atoms with Gasteiger partial charge in [0.25, 0.3) is 0 Å². The number of aromatic nitrogens is 1. The Hall–Kier alpha value is -1.75. The van der Waals surface area contributed by atoms with E-state index >= 15 is 0 Å². The average molecular weight is 347 g/mol. The van der Waals surface area contributed by atoms with E-state index in [2.05, 4.69) is 9.71 Å². The number of benzene rings is 1. The van der Waals surface area contributed by atoms with E-state index in [0.29, 0.717) is 17.0 Å². The molecule has 5 nitrogen and oxygen atoms in total. The first-order valence-electron chi connectivity index (χ1n) is 7.36. The van der Waals surface area contributed by atoms with Crippen LogP contribution in [-0.2, 0) is 10.0 Å². The van der Waals surface area contributed by atoms with E-state index in [1.54, 1.807) is 19.1 Å². The van der Waals surface area contributed by atoms with E-state index in [9.17, 15) is 8.42 Å². The topological polar surface area (TPSA) is 82.9 Å². The monoisotopic (exact) mass is 347 g/mol. The summed E-state index contributed by atoms with van der Waals surface area (Å²) in [6.45, 7) is 3.63. The number of rotatable bonds is 5. The van der Waals surface area contributed by atoms with Gasteiger partial charge in [0, 0.05) is 11.1 Å². The van der Waals surface area contributed by atoms with Crippen LogP contribution in [0.4, 0.5) is 0 Å². The third kappa shape index (κ3) is 3.44. The smallest absolute Gasteiger partial charge is 0.241 e. The van der Waals surface area contributed by atoms with Gasteiger partial charge in [-0.25, -0.2) is 18.1 Å². The molecule has 1 aromatic carbocycles. The number of nitrogens with one attached hydrogen (secondary N) is 1. The van der Waals surface area contributed by atoms with Crippen LogP contribution in [0.25, 0.3) is 0 Å². The molecule has 0 bridgehead atoms. The molecule has 0 amide bonds. The van der Waals surface area contributed by atoms with Crippen LogP contribution >= 0.6 is 11.3 Å². The molecule has 120 valence electrons. The zero-order valence-electron chi connectivity index (χ0n) is 12.9. The molecule has 2 aromatic rings. The number of nitrogens with zero attached hydrogens (tertiary/aromatic N) is 2. The molecule has 1 heterocycles. The van der Waals surface area contributed by atoms with Crippen molar-refractivity contribution in [2.24, 2.45) is 5.92 Å². The molecule has 0 aliphatic heterocycles. The lowest BCUT2D eigenvalue weighted by molar-refractivity contribution is 0.526. The third-order valence-electron chi connectivity index (χ3n) is 3.89. The predicted molar refractivity (Wildman–Crippen MR) is 88.5 cm³/mol. The largest absolute Gasteiger partial charge is 0.245 e. The molecule has 0 saturated heterocycles. The van der Waals surface area contributed by atoms with E-state index < -0.39 is 10.0 Å². The summed E-state index contributed by atoms with van der Waals surface area (Å²) in [6.07, 6.45) is 2.01. The highest BCUT2D eigenvalue weighted by Gasteiger charge is 2.37. The maximum Gasteiger partial charge on any atom is 0.241 e. The quantitative estimate of drug-likeness (QED) is 0.901. The van der Waals surface area contributed by atoms with Crippen molar-refractivity contribution in [3.63, 3.8) is 0 Å². The van der Waals surface area contributed by atoms with Gasteiger partial charge >= 0.3 is 0 Å². The van der Waals surface area contributed by atoms with Gasteiger partial charge in [0.2, 0.25) is 10.0 Å². The fourth-order valence-corrected chi connectivity index (χ4v) is 5.04. The summed E-state index contributed by atoms with van der Waals surface area (Å²) >= 11 is 1.48. The second-order valence-electron chi connectivity index (χ2n) is 5.86. The van der Waals surface area contributed by atoms with Crippen LogP contribution in [0.3, 0.4) is 0 Å². The molecule has 0 spiro atoms. The number of sulfonamides is 1. The van der Waals surface area contributed by atoms with Crippen LogP contribution in [0, 0.1) is 31.1 Å². The molecule has 1 aromatic heterocycles. The van der Waals surface area contributed by atoms with E-state index in [1.807, 2.05) is 18.4 Å². The Kier molecular flexibility index (Phi) is 4.23. The zero-order chi connectivity index (χ0) is 16.6. The van der Waals surface area contributed by atoms with Gasteiger partial charge in [-0.15, -0.1) is 11.3 Å². The molecule has 23 heavy (non-hydrogen) atoms. The van der Waals surface area contributed by atoms with Crippen LogP contribution in [0.1, 0.15) is 40.7 Å². The van der Waals surface area contributed by atoms with Crippen molar-refractivity contribution in [1.82, 2.24) is 9.71 Å². The molecule has 3 rings (SSSR count). The minimum atomic E-state index is -3.70. The first kappa shape index (κ1) is 16.1. The summed E-state index contributed by atoms with van der Waals surface area (Å²) < 4.78 is 28.4. The van der Waals surface area contributed by atoms with Crippen LogP contribution in [0.5, 0.6) is 0 Å². The number of thiazole rings is 1. The molecule has 1 saturated carbocycles. The Morgan fingerprint density at radius 2 is 2.13 bits per heavy atom. The predicted octanol–water partition coefficient (Wildman–Crippen LogP) is 3.06. The number of nitriles is 1. The minimum absolute atomic E-state index is 0.162. The molecule has 7 heteroatoms. The number of aryl methyl sites for hydroxylation is 2. The molecular formula is C16H17N3O2S2. The summed E-state index contributed by atoms with van der Waals surface area (Å²) in [4.78, 5) is 4.61. The molecule has 1 N–H and O–H groups in total. The van der Waals surface area contributed by atoms with Gasteiger partial charge in [-0.2, -0.15) is 5.26 Å². The van der Waals surface area contributed by atoms with Crippen molar-refractivity contribution in [2.75, 3.05) is 0 Å². The van der Waals surface area contributed by atoms with Crippen molar-refractivity contribution in [3.05, 3.63) is 45.4 Å². The number of hydrogen-bond donors (Lipinski definition) is 1. The van der Waals surface area contributed by atoms with Crippen LogP contribution in [0.2, 0.25) is 0 Å². The standard InChI is InChI=1S/C16H17N3O2S2/c1-10-3-4-12(8-17)7-14(10)23(20,21)19-15(13-5-6-13)16-18-11(2)9-22-16/h3-4,7,9,13,15,19H,5-6H2,1-2H3/t15-/m1/s1. The summed E-state index contributed by atoms with van der Waals surface area (Å²) in [6, 6.07) is 6.41. The SMILES string of the molecule is Cc1csc([C@H](NS(=O)(=O)c2cc(C#N)ccc2C)C2CC2)n1. The van der Waals surface area contributed by atoms with E-state index in [4.69, 9.17) is 5.26 Å². The summed E-state index contributed by atoms with van der Waals surface area (Å²) in [5, 5.41) is 11.7. The van der Waals surface area contributed by atoms with Crippen molar-refractivity contribution in [2.45, 2.75) is 37.6 Å². The third-order valence-corrected chi connectivity index (χ3v) is 6.51. The molecule has 0 radical (unpaired) electrons. The fraction of sp³-hybridized carbons (Fsp3) is 0.375. The highest BCUT2D eigenvalue weighted by atomic mass is 32.2. The maximum absolute atomic E-state index is 12.8. The van der Waals surface area contributed by atoms with Gasteiger partial charge in [-0.1, -0.05) is 6.07 Å². The maximum atomic E-state index is 12.8. The first-order chi connectivity index (χ1) is 10.9. The summed E-state index contributed by atoms with van der Waals surface area (Å²) in [5.74, 6) is 0.301. The van der Waals surface area contributed by atoms with Gasteiger partial charge in [0.05, 0.1) is 22.6 Å². The van der Waals surface area contributed by atoms with Crippen molar-refractivity contribution >= 4 is 21.4 Å². The van der Waals surface area contributed by atoms with Gasteiger partial charge < -0.3 is 0 Å². The van der Waals surface area contributed by atoms with E-state index in [-0.39, 0.29) is 10.9 Å². The normalized spacial score (nSPS) is 16.0. The highest BCUT2D eigenvalue weighted by molar-refractivity contribution is 7.89. The van der Waals surface area contributed by atoms with Gasteiger partial charge in [0.1, 0.15) is 5.01 Å². The molecule has 1 fully saturated rings. The second kappa shape index (κ2) is 6.04. The number of hydrogen-bond acceptors (Lipinski definition) is 5. The van der Waals surface area contributed by atoms with Crippen LogP contribution < -0.4 is 4.72 Å². The Balaban J connectivity index is 1.95. The van der Waals surface area contributed by atoms with Gasteiger partial charge in [-0.3, -0.25) is 0 Å². The lowest BCUT2D eigenvalue weighted by Crippen LogP contribution is -2.30. The van der Waals surface area contributed by atoms with E-state index in [1.165, 1.54) is 17.4 Å². The van der Waals surface area contributed by atoms with Crippen LogP contribution in [-0.4, -0.2) is 13.4 Å². The average Bonchev–Trinajstić information content (AvgIpc) is 3.26. The van der Waals surface area contributed by atoms with Gasteiger partial charge in [0.15, 0.2) is 0 Å². The van der Waals surface area contributed by atoms with Crippen molar-refractivity contribution < 1.29 is 8.42 Å². The highest BCUT2D eigenvalue weighted by Crippen LogP contribution is 2.42. The lowest BCUT2D eigenvalue weighted by atomic mass is 10.2. The Bertz CT molecular complexity index is 877. The molecule has 1 aliphatic rings. The summed E-state index contributed by atoms with van der Waals surface area (Å²) in [7, 11) is -3.70. The fourth-order valence-electron chi connectivity index (χ4n) is 2.48. The van der Waals surface area contributed by atoms with Crippen molar-refractivity contribution in [3.8, 4) is 6.07 Å². The lowest BCUT2D eigenvalue weighted by Gasteiger charge is -2.17. The Morgan fingerprint density at radius 1 is 1.39 bits per heavy atom. The Labute approximate surface area is 140 Å². The first-order valence-corrected chi connectivity index (χ1v) is 9.72. The van der Waals surface area contributed by atoms with Crippen LogP contribution in [0.15, 0.2) is 28.5 Å². The molecule has 0 unspecified atom stereocenters. The summed E-state index contributed by atoms with van der Waals surface area (Å²) in [5.41, 5.74) is 1.86. The molecule has 1 aliphatic carbocycles. The second-order valence-corrected chi connectivity index (χ2v) is 8.43. The zero-order valence-corrected chi connectivity index (χ0v) is 14.5. The minimum Gasteiger partial charge on any atom is -0.245 e. The Morgan fingerprint density at radius 3 is 2.70 bits per heavy atom. The van der Waals surface area contributed by atoms with E-state index in [0.717, 1.165) is 23.5 Å². The van der Waals surface area contributed by atoms with Crippen molar-refractivity contribution in [1.29, 1.82) is 5.26 Å².